The van der Waals surface area contributed by atoms with E-state index >= 15 is 4.79 Å². The van der Waals surface area contributed by atoms with Crippen molar-refractivity contribution in [3.05, 3.63) is 143 Å². The van der Waals surface area contributed by atoms with Crippen LogP contribution in [-0.4, -0.2) is 155 Å². The number of aliphatic hydroxyl groups is 3. The number of ether oxygens (including phenoxy) is 7. The summed E-state index contributed by atoms with van der Waals surface area (Å²) in [6.45, 7) is 9.88. The van der Waals surface area contributed by atoms with Crippen LogP contribution in [0.1, 0.15) is 85.3 Å². The van der Waals surface area contributed by atoms with Gasteiger partial charge in [0.2, 0.25) is 6.79 Å². The number of nitrogens with one attached hydrogen (secondary N) is 1. The van der Waals surface area contributed by atoms with E-state index in [1.54, 1.807) is 92.7 Å². The monoisotopic (exact) mass is 1070 g/mol. The number of Topliss-reactive ketones (excluding diaryl/α,β-unsaturated/α-hetero) is 1. The van der Waals surface area contributed by atoms with Crippen LogP contribution in [0.2, 0.25) is 0 Å². The number of benzene rings is 4. The van der Waals surface area contributed by atoms with Crippen molar-refractivity contribution in [2.24, 2.45) is 16.7 Å². The number of carbonyl (C=O) groups is 6. The molecule has 4 aromatic rings. The van der Waals surface area contributed by atoms with Crippen molar-refractivity contribution >= 4 is 35.6 Å². The second-order valence-corrected chi connectivity index (χ2v) is 22.0. The molecule has 2 bridgehead atoms. The van der Waals surface area contributed by atoms with Crippen molar-refractivity contribution in [1.29, 1.82) is 0 Å². The average molecular weight is 1070 g/mol. The first-order valence-corrected chi connectivity index (χ1v) is 26.3. The second-order valence-electron chi connectivity index (χ2n) is 22.0. The fourth-order valence-electron chi connectivity index (χ4n) is 12.9. The van der Waals surface area contributed by atoms with Gasteiger partial charge in [-0.1, -0.05) is 86.6 Å². The Morgan fingerprint density at radius 2 is 1.44 bits per heavy atom. The summed E-state index contributed by atoms with van der Waals surface area (Å²) in [5.74, 6) is -5.38. The molecule has 2 saturated heterocycles. The highest BCUT2D eigenvalue weighted by molar-refractivity contribution is 5.96. The molecule has 0 spiro atoms. The number of rotatable bonds is 14. The summed E-state index contributed by atoms with van der Waals surface area (Å²) in [5, 5.41) is 41.5. The zero-order valence-electron chi connectivity index (χ0n) is 44.1. The van der Waals surface area contributed by atoms with Gasteiger partial charge in [0.15, 0.2) is 29.0 Å². The molecule has 412 valence electrons. The minimum absolute atomic E-state index is 0.0603. The molecule has 4 fully saturated rings. The predicted octanol–water partition coefficient (Wildman–Crippen LogP) is 4.26. The number of fused-ring (bicyclic) bond motifs is 6. The summed E-state index contributed by atoms with van der Waals surface area (Å²) in [4.78, 5) is 90.6. The molecule has 0 unspecified atom stereocenters. The summed E-state index contributed by atoms with van der Waals surface area (Å²) in [5.41, 5.74) is -6.27. The molecule has 19 nitrogen and oxygen atoms in total. The van der Waals surface area contributed by atoms with Gasteiger partial charge < -0.3 is 53.8 Å². The maximum absolute atomic E-state index is 15.9. The average Bonchev–Trinajstić information content (AvgIpc) is 2.91. The predicted molar refractivity (Wildman–Crippen MR) is 276 cm³/mol. The van der Waals surface area contributed by atoms with Gasteiger partial charge in [0.25, 0.3) is 5.91 Å². The summed E-state index contributed by atoms with van der Waals surface area (Å²) in [6, 6.07) is 28.9. The largest absolute Gasteiger partial charge is 0.460 e. The zero-order valence-corrected chi connectivity index (χ0v) is 44.1. The van der Waals surface area contributed by atoms with Crippen molar-refractivity contribution in [3.63, 3.8) is 0 Å². The number of carbonyl (C=O) groups excluding carboxylic acids is 6. The topological polar surface area (TPSA) is 246 Å². The Hall–Kier alpha value is -7.00. The molecule has 19 heteroatoms. The standard InChI is InChI=1S/C59H65N3O16/c1-34-42(75-55(70)49(66)47(37-15-9-6-10-16-37)60-53(68)38-17-11-7-12-18-38)29-59(71)52(77-54(69)39-19-13-8-14-20-39)50-57(5,51(67)48(65)46(34)56(59,3)4)43(28-44-58(50,32-72-44)78-35(2)63)76-45(64)31-62-25-23-61(24-26-62)30-36-21-22-40-41(27-36)74-33-73-40/h6-22,27,42-44,47-50,52,65-66,71H,23-26,28-33H2,1-5H3,(H,60,68)/t42-,43-,44+,47-,48+,49+,50-,52-,57+,58-,59+/m0/s1. The first-order chi connectivity index (χ1) is 37.2. The molecule has 0 aromatic heterocycles. The molecule has 4 aromatic carbocycles. The van der Waals surface area contributed by atoms with Crippen LogP contribution in [0, 0.1) is 16.7 Å². The Morgan fingerprint density at radius 1 is 0.808 bits per heavy atom. The van der Waals surface area contributed by atoms with Crippen molar-refractivity contribution in [2.75, 3.05) is 46.1 Å². The number of hydrogen-bond acceptors (Lipinski definition) is 18. The van der Waals surface area contributed by atoms with E-state index in [1.807, 2.05) is 23.1 Å². The van der Waals surface area contributed by atoms with Crippen LogP contribution >= 0.6 is 0 Å². The highest BCUT2D eigenvalue weighted by atomic mass is 16.7. The van der Waals surface area contributed by atoms with Crippen LogP contribution < -0.4 is 14.8 Å². The number of hydrogen-bond donors (Lipinski definition) is 4. The molecule has 3 aliphatic heterocycles. The molecule has 11 atom stereocenters. The van der Waals surface area contributed by atoms with Crippen molar-refractivity contribution in [3.8, 4) is 11.5 Å². The normalized spacial score (nSPS) is 29.9. The fraction of sp³-hybridized carbons (Fsp3) is 0.458. The van der Waals surface area contributed by atoms with Gasteiger partial charge in [-0.05, 0) is 72.5 Å². The van der Waals surface area contributed by atoms with E-state index in [9.17, 15) is 39.3 Å². The van der Waals surface area contributed by atoms with E-state index in [0.717, 1.165) is 5.56 Å². The Kier molecular flexibility index (Phi) is 14.9. The lowest BCUT2D eigenvalue weighted by Crippen LogP contribution is -2.82. The molecule has 0 radical (unpaired) electrons. The number of amides is 1. The SMILES string of the molecule is CC(=O)O[C@@]12CO[C@@H]1C[C@H](OC(=O)CN1CCN(Cc3ccc4c(c3)OCO4)CC1)[C@@]1(C)C(=O)[C@H](O)C3=C(C)[C@@H](OC(=O)[C@H](O)[C@@H](NC(=O)c4ccccc4)c4ccccc4)C[C@@](O)([C@@H](OC(=O)c4ccccc4)[C@H]21)C3(C)C. The summed E-state index contributed by atoms with van der Waals surface area (Å²) in [6.07, 6.45) is -10.8. The smallest absolute Gasteiger partial charge is 0.338 e. The maximum atomic E-state index is 15.9. The van der Waals surface area contributed by atoms with Crippen molar-refractivity contribution in [2.45, 2.75) is 108 Å². The Labute approximate surface area is 451 Å². The summed E-state index contributed by atoms with van der Waals surface area (Å²) in [7, 11) is 0. The Morgan fingerprint density at radius 3 is 2.08 bits per heavy atom. The molecular formula is C59H65N3O16. The van der Waals surface area contributed by atoms with Gasteiger partial charge in [0, 0.05) is 63.5 Å². The van der Waals surface area contributed by atoms with E-state index < -0.39 is 113 Å². The molecular weight excluding hydrogens is 1010 g/mol. The van der Waals surface area contributed by atoms with Gasteiger partial charge in [-0.3, -0.25) is 29.0 Å². The third kappa shape index (κ3) is 9.74. The molecule has 1 amide bonds. The molecule has 4 N–H and O–H groups in total. The molecule has 6 aliphatic rings. The first-order valence-electron chi connectivity index (χ1n) is 26.3. The van der Waals surface area contributed by atoms with E-state index in [1.165, 1.54) is 32.9 Å². The van der Waals surface area contributed by atoms with E-state index in [0.29, 0.717) is 49.8 Å². The van der Waals surface area contributed by atoms with Crippen LogP contribution in [0.5, 0.6) is 11.5 Å². The Bertz CT molecular complexity index is 2980. The summed E-state index contributed by atoms with van der Waals surface area (Å²) >= 11 is 0. The van der Waals surface area contributed by atoms with E-state index in [2.05, 4.69) is 10.2 Å². The summed E-state index contributed by atoms with van der Waals surface area (Å²) < 4.78 is 42.6. The highest BCUT2D eigenvalue weighted by Crippen LogP contribution is 2.64. The highest BCUT2D eigenvalue weighted by Gasteiger charge is 2.79. The van der Waals surface area contributed by atoms with Gasteiger partial charge in [0.05, 0.1) is 36.1 Å². The number of ketones is 1. The van der Waals surface area contributed by atoms with Gasteiger partial charge in [0.1, 0.15) is 36.1 Å². The lowest BCUT2D eigenvalue weighted by atomic mass is 9.44. The van der Waals surface area contributed by atoms with Crippen LogP contribution in [0.15, 0.2) is 120 Å². The second kappa shape index (κ2) is 21.3. The van der Waals surface area contributed by atoms with Crippen LogP contribution in [0.3, 0.4) is 0 Å². The van der Waals surface area contributed by atoms with E-state index in [4.69, 9.17) is 33.2 Å². The van der Waals surface area contributed by atoms with Crippen LogP contribution in [0.4, 0.5) is 0 Å². The van der Waals surface area contributed by atoms with Gasteiger partial charge >= 0.3 is 23.9 Å². The lowest BCUT2D eigenvalue weighted by Gasteiger charge is -2.67. The van der Waals surface area contributed by atoms with Crippen LogP contribution in [0.25, 0.3) is 0 Å². The number of aliphatic hydroxyl groups excluding tert-OH is 2. The van der Waals surface area contributed by atoms with Gasteiger partial charge in [-0.15, -0.1) is 0 Å². The minimum Gasteiger partial charge on any atom is -0.460 e. The number of piperazine rings is 1. The van der Waals surface area contributed by atoms with Crippen LogP contribution in [-0.2, 0) is 49.4 Å². The first kappa shape index (κ1) is 54.4. The Balaban J connectivity index is 0.994. The number of nitrogens with zero attached hydrogens (tertiary/aromatic N) is 2. The van der Waals surface area contributed by atoms with E-state index in [-0.39, 0.29) is 48.6 Å². The maximum Gasteiger partial charge on any atom is 0.338 e. The third-order valence-electron chi connectivity index (χ3n) is 17.1. The molecule has 3 heterocycles. The minimum atomic E-state index is -2.43. The van der Waals surface area contributed by atoms with Gasteiger partial charge in [-0.2, -0.15) is 0 Å². The van der Waals surface area contributed by atoms with Crippen molar-refractivity contribution < 1.29 is 77.2 Å². The van der Waals surface area contributed by atoms with Crippen molar-refractivity contribution in [1.82, 2.24) is 15.1 Å². The molecule has 3 aliphatic carbocycles. The lowest BCUT2D eigenvalue weighted by molar-refractivity contribution is -0.346. The zero-order chi connectivity index (χ0) is 55.3. The van der Waals surface area contributed by atoms with Gasteiger partial charge in [-0.25, -0.2) is 9.59 Å². The number of esters is 4. The fourth-order valence-corrected chi connectivity index (χ4v) is 12.9. The quantitative estimate of drug-likeness (QED) is 0.0783. The molecule has 2 saturated carbocycles. The molecule has 10 rings (SSSR count). The third-order valence-corrected chi connectivity index (χ3v) is 17.1. The molecule has 78 heavy (non-hydrogen) atoms.